The first kappa shape index (κ1) is 15.1. The van der Waals surface area contributed by atoms with Crippen molar-refractivity contribution in [3.8, 4) is 11.5 Å². The molecule has 0 spiro atoms. The highest BCUT2D eigenvalue weighted by molar-refractivity contribution is 5.51. The Balaban J connectivity index is 1.43. The van der Waals surface area contributed by atoms with Gasteiger partial charge in [0.25, 0.3) is 5.89 Å². The molecule has 0 N–H and O–H groups in total. The second-order valence-corrected chi connectivity index (χ2v) is 6.39. The van der Waals surface area contributed by atoms with Crippen molar-refractivity contribution in [1.29, 1.82) is 0 Å². The van der Waals surface area contributed by atoms with Crippen LogP contribution in [0.15, 0.2) is 47.2 Å². The van der Waals surface area contributed by atoms with Crippen molar-refractivity contribution in [2.24, 2.45) is 0 Å². The lowest BCUT2D eigenvalue weighted by atomic mass is 10.2. The molecule has 1 saturated heterocycles. The first-order valence-corrected chi connectivity index (χ1v) is 8.39. The summed E-state index contributed by atoms with van der Waals surface area (Å²) in [6, 6.07) is 10.4. The van der Waals surface area contributed by atoms with Gasteiger partial charge in [0.05, 0.1) is 19.3 Å². The Hall–Kier alpha value is -2.47. The Labute approximate surface area is 141 Å². The molecular formula is C18H21N5O. The molecule has 3 aromatic rings. The summed E-state index contributed by atoms with van der Waals surface area (Å²) >= 11 is 0. The molecule has 6 nitrogen and oxygen atoms in total. The summed E-state index contributed by atoms with van der Waals surface area (Å²) in [4.78, 5) is 6.97. The molecule has 6 heteroatoms. The van der Waals surface area contributed by atoms with E-state index in [1.54, 1.807) is 0 Å². The lowest BCUT2D eigenvalue weighted by Crippen LogP contribution is -2.33. The first-order chi connectivity index (χ1) is 11.8. The van der Waals surface area contributed by atoms with Crippen molar-refractivity contribution >= 4 is 0 Å². The quantitative estimate of drug-likeness (QED) is 0.722. The number of nitrogens with zero attached hydrogens (tertiary/aromatic N) is 5. The Kier molecular flexibility index (Phi) is 4.13. The molecular weight excluding hydrogens is 302 g/mol. The zero-order valence-corrected chi connectivity index (χ0v) is 13.8. The van der Waals surface area contributed by atoms with E-state index in [4.69, 9.17) is 4.52 Å². The fourth-order valence-electron chi connectivity index (χ4n) is 3.29. The summed E-state index contributed by atoms with van der Waals surface area (Å²) in [5.74, 6) is 1.33. The summed E-state index contributed by atoms with van der Waals surface area (Å²) in [7, 11) is 0. The molecule has 1 aliphatic heterocycles. The van der Waals surface area contributed by atoms with Crippen molar-refractivity contribution in [3.05, 3.63) is 54.1 Å². The molecule has 1 atom stereocenters. The van der Waals surface area contributed by atoms with Crippen LogP contribution in [-0.2, 0) is 13.1 Å². The summed E-state index contributed by atoms with van der Waals surface area (Å²) in [6.07, 6.45) is 6.39. The third-order valence-corrected chi connectivity index (χ3v) is 4.49. The molecule has 0 amide bonds. The average molecular weight is 323 g/mol. The van der Waals surface area contributed by atoms with E-state index in [2.05, 4.69) is 33.3 Å². The first-order valence-electron chi connectivity index (χ1n) is 8.39. The predicted octanol–water partition coefficient (Wildman–Crippen LogP) is 2.91. The molecule has 3 heterocycles. The van der Waals surface area contributed by atoms with Crippen molar-refractivity contribution in [2.75, 3.05) is 6.54 Å². The molecule has 124 valence electrons. The number of aryl methyl sites for hydroxylation is 1. The van der Waals surface area contributed by atoms with Crippen molar-refractivity contribution in [2.45, 2.75) is 38.9 Å². The van der Waals surface area contributed by atoms with E-state index < -0.39 is 0 Å². The van der Waals surface area contributed by atoms with E-state index >= 15 is 0 Å². The average Bonchev–Trinajstić information content (AvgIpc) is 3.32. The molecule has 0 aliphatic carbocycles. The van der Waals surface area contributed by atoms with Gasteiger partial charge in [-0.1, -0.05) is 23.4 Å². The van der Waals surface area contributed by atoms with Gasteiger partial charge < -0.3 is 4.52 Å². The minimum Gasteiger partial charge on any atom is -0.334 e. The van der Waals surface area contributed by atoms with Crippen molar-refractivity contribution in [3.63, 3.8) is 0 Å². The van der Waals surface area contributed by atoms with Gasteiger partial charge in [0.2, 0.25) is 0 Å². The maximum Gasteiger partial charge on any atom is 0.257 e. The van der Waals surface area contributed by atoms with Gasteiger partial charge in [-0.3, -0.25) is 9.58 Å². The molecule has 1 aromatic carbocycles. The molecule has 24 heavy (non-hydrogen) atoms. The van der Waals surface area contributed by atoms with Crippen LogP contribution >= 0.6 is 0 Å². The van der Waals surface area contributed by atoms with Crippen LogP contribution in [0.5, 0.6) is 0 Å². The molecule has 1 fully saturated rings. The number of benzene rings is 1. The van der Waals surface area contributed by atoms with Gasteiger partial charge in [0.1, 0.15) is 0 Å². The lowest BCUT2D eigenvalue weighted by Gasteiger charge is -2.22. The molecule has 4 rings (SSSR count). The highest BCUT2D eigenvalue weighted by Gasteiger charge is 2.26. The van der Waals surface area contributed by atoms with E-state index in [1.807, 2.05) is 41.2 Å². The summed E-state index contributed by atoms with van der Waals surface area (Å²) < 4.78 is 7.44. The number of hydrogen-bond donors (Lipinski definition) is 0. The van der Waals surface area contributed by atoms with Gasteiger partial charge in [0, 0.05) is 17.8 Å². The standard InChI is InChI=1S/C18H21N5O/c1-14-10-19-23(11-14)12-16-8-5-9-22(16)13-17-20-18(24-21-17)15-6-3-2-4-7-15/h2-4,6-7,10-11,16H,5,8-9,12-13H2,1H3/t16-/m0/s1. The van der Waals surface area contributed by atoms with Crippen LogP contribution in [-0.4, -0.2) is 37.4 Å². The summed E-state index contributed by atoms with van der Waals surface area (Å²) in [5.41, 5.74) is 2.16. The van der Waals surface area contributed by atoms with Gasteiger partial charge >= 0.3 is 0 Å². The minimum atomic E-state index is 0.475. The van der Waals surface area contributed by atoms with Gasteiger partial charge in [0.15, 0.2) is 5.82 Å². The van der Waals surface area contributed by atoms with E-state index in [1.165, 1.54) is 18.4 Å². The van der Waals surface area contributed by atoms with Crippen molar-refractivity contribution in [1.82, 2.24) is 24.8 Å². The molecule has 2 aromatic heterocycles. The summed E-state index contributed by atoms with van der Waals surface area (Å²) in [6.45, 7) is 4.78. The highest BCUT2D eigenvalue weighted by atomic mass is 16.5. The molecule has 0 bridgehead atoms. The minimum absolute atomic E-state index is 0.475. The zero-order valence-electron chi connectivity index (χ0n) is 13.8. The Morgan fingerprint density at radius 2 is 2.12 bits per heavy atom. The smallest absolute Gasteiger partial charge is 0.257 e. The van der Waals surface area contributed by atoms with E-state index in [9.17, 15) is 0 Å². The molecule has 0 saturated carbocycles. The van der Waals surface area contributed by atoms with Crippen LogP contribution in [0.25, 0.3) is 11.5 Å². The molecule has 0 unspecified atom stereocenters. The maximum absolute atomic E-state index is 5.41. The van der Waals surface area contributed by atoms with Gasteiger partial charge in [-0.2, -0.15) is 10.1 Å². The Morgan fingerprint density at radius 3 is 2.92 bits per heavy atom. The van der Waals surface area contributed by atoms with Gasteiger partial charge in [-0.15, -0.1) is 0 Å². The fraction of sp³-hybridized carbons (Fsp3) is 0.389. The number of aromatic nitrogens is 4. The fourth-order valence-corrected chi connectivity index (χ4v) is 3.29. The SMILES string of the molecule is Cc1cnn(C[C@@H]2CCCN2Cc2noc(-c3ccccc3)n2)c1. The van der Waals surface area contributed by atoms with Gasteiger partial charge in [-0.25, -0.2) is 0 Å². The number of rotatable bonds is 5. The van der Waals surface area contributed by atoms with Crippen LogP contribution in [0.3, 0.4) is 0 Å². The van der Waals surface area contributed by atoms with E-state index in [0.29, 0.717) is 11.9 Å². The predicted molar refractivity (Wildman–Crippen MR) is 90.1 cm³/mol. The van der Waals surface area contributed by atoms with Crippen LogP contribution in [0.1, 0.15) is 24.2 Å². The van der Waals surface area contributed by atoms with Crippen LogP contribution in [0, 0.1) is 6.92 Å². The summed E-state index contributed by atoms with van der Waals surface area (Å²) in [5, 5.41) is 8.56. The zero-order chi connectivity index (χ0) is 16.4. The van der Waals surface area contributed by atoms with Crippen molar-refractivity contribution < 1.29 is 4.52 Å². The maximum atomic E-state index is 5.41. The Morgan fingerprint density at radius 1 is 1.25 bits per heavy atom. The van der Waals surface area contributed by atoms with Crippen LogP contribution < -0.4 is 0 Å². The van der Waals surface area contributed by atoms with Crippen LogP contribution in [0.4, 0.5) is 0 Å². The second kappa shape index (κ2) is 6.57. The van der Waals surface area contributed by atoms with E-state index in [-0.39, 0.29) is 0 Å². The third kappa shape index (κ3) is 3.23. The molecule has 1 aliphatic rings. The number of hydrogen-bond acceptors (Lipinski definition) is 5. The van der Waals surface area contributed by atoms with E-state index in [0.717, 1.165) is 31.0 Å². The Bertz CT molecular complexity index is 795. The lowest BCUT2D eigenvalue weighted by molar-refractivity contribution is 0.211. The monoisotopic (exact) mass is 323 g/mol. The largest absolute Gasteiger partial charge is 0.334 e. The van der Waals surface area contributed by atoms with Gasteiger partial charge in [-0.05, 0) is 44.0 Å². The third-order valence-electron chi connectivity index (χ3n) is 4.49. The molecule has 0 radical (unpaired) electrons. The normalized spacial score (nSPS) is 18.3. The second-order valence-electron chi connectivity index (χ2n) is 6.39. The topological polar surface area (TPSA) is 60.0 Å². The van der Waals surface area contributed by atoms with Crippen LogP contribution in [0.2, 0.25) is 0 Å². The number of likely N-dealkylation sites (tertiary alicyclic amines) is 1. The highest BCUT2D eigenvalue weighted by Crippen LogP contribution is 2.22.